The second-order valence-corrected chi connectivity index (χ2v) is 30.2. The standard InChI is InChI=1S/C24H27N2Si2.C12H22NSi2.2Cu/c1-27(2)16-18(17-28(3)4)21-12-9-15-24(25-21)26-22-13-7-5-10-19(22)20-11-6-8-14-23(20)26;1-14(2,3)12(15(4,5)6)11-9-7-8-10-13-11;;/h5-15H,16-17H2,1-4H3;7-10H,1-6H3;;/q2*-1;2*+1. The van der Waals surface area contributed by atoms with E-state index in [9.17, 15) is 0 Å². The van der Waals surface area contributed by atoms with Gasteiger partial charge in [-0.1, -0.05) is 114 Å². The summed E-state index contributed by atoms with van der Waals surface area (Å²) in [5.74, 6) is 2.58. The summed E-state index contributed by atoms with van der Waals surface area (Å²) in [5.41, 5.74) is 4.88. The largest absolute Gasteiger partial charge is 1.00 e. The van der Waals surface area contributed by atoms with Crippen LogP contribution >= 0.6 is 0 Å². The van der Waals surface area contributed by atoms with Crippen LogP contribution in [0.4, 0.5) is 0 Å². The van der Waals surface area contributed by atoms with E-state index in [2.05, 4.69) is 154 Å². The Balaban J connectivity index is 0.000000356. The van der Waals surface area contributed by atoms with Crippen LogP contribution in [0.5, 0.6) is 0 Å². The molecule has 246 valence electrons. The van der Waals surface area contributed by atoms with Crippen LogP contribution in [0.3, 0.4) is 0 Å². The van der Waals surface area contributed by atoms with E-state index in [1.165, 1.54) is 45.3 Å². The number of para-hydroxylation sites is 2. The summed E-state index contributed by atoms with van der Waals surface area (Å²) in [6.45, 7) is 24.2. The third-order valence-corrected chi connectivity index (χ3v) is 17.7. The Labute approximate surface area is 299 Å². The second-order valence-electron chi connectivity index (χ2n) is 14.2. The van der Waals surface area contributed by atoms with E-state index in [0.29, 0.717) is 0 Å². The van der Waals surface area contributed by atoms with Gasteiger partial charge in [-0.15, -0.1) is 29.9 Å². The first-order valence-electron chi connectivity index (χ1n) is 15.5. The number of benzene rings is 2. The van der Waals surface area contributed by atoms with Gasteiger partial charge in [-0.05, 0) is 34.3 Å². The van der Waals surface area contributed by atoms with Crippen molar-refractivity contribution in [1.29, 1.82) is 0 Å². The van der Waals surface area contributed by atoms with Crippen LogP contribution in [-0.4, -0.2) is 48.3 Å². The summed E-state index contributed by atoms with van der Waals surface area (Å²) < 4.78 is 2.32. The predicted molar refractivity (Wildman–Crippen MR) is 199 cm³/mol. The molecule has 0 aliphatic rings. The zero-order valence-electron chi connectivity index (χ0n) is 28.5. The van der Waals surface area contributed by atoms with Crippen LogP contribution in [0.15, 0.2) is 91.1 Å². The molecule has 0 amide bonds. The number of rotatable bonds is 9. The van der Waals surface area contributed by atoms with Crippen molar-refractivity contribution in [3.8, 4) is 5.82 Å². The van der Waals surface area contributed by atoms with E-state index in [1.54, 1.807) is 11.1 Å². The zero-order chi connectivity index (χ0) is 31.4. The molecule has 0 aliphatic carbocycles. The van der Waals surface area contributed by atoms with E-state index in [4.69, 9.17) is 4.98 Å². The first-order chi connectivity index (χ1) is 20.3. The van der Waals surface area contributed by atoms with E-state index in [0.717, 1.165) is 5.82 Å². The maximum atomic E-state index is 5.18. The number of aromatic nitrogens is 3. The summed E-state index contributed by atoms with van der Waals surface area (Å²) in [5, 5.41) is 4.26. The molecular formula is C36H49Cu2N3Si4. The monoisotopic (exact) mass is 761 g/mol. The molecule has 2 radical (unpaired) electrons. The maximum absolute atomic E-state index is 5.18. The fourth-order valence-corrected chi connectivity index (χ4v) is 19.8. The number of hydrogen-bond acceptors (Lipinski definition) is 2. The van der Waals surface area contributed by atoms with Crippen molar-refractivity contribution in [2.75, 3.05) is 0 Å². The van der Waals surface area contributed by atoms with Crippen molar-refractivity contribution < 1.29 is 34.1 Å². The number of nitrogens with zero attached hydrogens (tertiary/aromatic N) is 3. The van der Waals surface area contributed by atoms with Crippen molar-refractivity contribution in [1.82, 2.24) is 14.5 Å². The molecule has 0 N–H and O–H groups in total. The fourth-order valence-electron chi connectivity index (χ4n) is 6.42. The zero-order valence-corrected chi connectivity index (χ0v) is 34.4. The van der Waals surface area contributed by atoms with Gasteiger partial charge in [0.25, 0.3) is 0 Å². The quantitative estimate of drug-likeness (QED) is 0.111. The Morgan fingerprint density at radius 3 is 1.51 bits per heavy atom. The molecule has 0 saturated heterocycles. The third-order valence-electron chi connectivity index (χ3n) is 7.46. The van der Waals surface area contributed by atoms with E-state index < -0.39 is 16.1 Å². The SMILES string of the molecule is C[Si](C)(C)[C-](c1ccccn1)[Si](C)(C)C.C[Si](C)C[C-](C[Si](C)C)c1cccc(-n2c3ccccc3c3ccccc32)n1.[Cu+].[Cu+]. The average molecular weight is 763 g/mol. The van der Waals surface area contributed by atoms with Gasteiger partial charge in [-0.25, -0.2) is 0 Å². The molecule has 0 spiro atoms. The number of hydrogen-bond donors (Lipinski definition) is 0. The average Bonchev–Trinajstić information content (AvgIpc) is 3.26. The van der Waals surface area contributed by atoms with Gasteiger partial charge in [0.1, 0.15) is 5.82 Å². The smallest absolute Gasteiger partial charge is 0.296 e. The summed E-state index contributed by atoms with van der Waals surface area (Å²) in [4.78, 5) is 9.72. The van der Waals surface area contributed by atoms with Crippen molar-refractivity contribution in [2.45, 2.75) is 77.6 Å². The number of fused-ring (bicyclic) bond motifs is 3. The summed E-state index contributed by atoms with van der Waals surface area (Å²) in [6, 6.07) is 32.5. The molecule has 3 heterocycles. The minimum atomic E-state index is -1.25. The first-order valence-corrected chi connectivity index (χ1v) is 27.9. The number of pyridine rings is 2. The maximum Gasteiger partial charge on any atom is 1.00 e. The van der Waals surface area contributed by atoms with Gasteiger partial charge in [0.2, 0.25) is 0 Å². The van der Waals surface area contributed by atoms with Crippen LogP contribution in [-0.2, 0) is 34.1 Å². The molecule has 5 aromatic rings. The van der Waals surface area contributed by atoms with E-state index in [1.807, 2.05) is 12.3 Å². The summed E-state index contributed by atoms with van der Waals surface area (Å²) in [6.07, 6.45) is 1.91. The minimum Gasteiger partial charge on any atom is -0.296 e. The van der Waals surface area contributed by atoms with Gasteiger partial charge in [-0.3, -0.25) is 14.5 Å². The summed E-state index contributed by atoms with van der Waals surface area (Å²) >= 11 is 0. The molecule has 3 aromatic heterocycles. The Morgan fingerprint density at radius 1 is 0.600 bits per heavy atom. The van der Waals surface area contributed by atoms with E-state index in [-0.39, 0.29) is 51.7 Å². The molecule has 0 aliphatic heterocycles. The van der Waals surface area contributed by atoms with Crippen molar-refractivity contribution in [3.63, 3.8) is 0 Å². The predicted octanol–water partition coefficient (Wildman–Crippen LogP) is 10.4. The van der Waals surface area contributed by atoms with Crippen LogP contribution in [0.2, 0.25) is 77.6 Å². The van der Waals surface area contributed by atoms with Gasteiger partial charge in [0.15, 0.2) is 0 Å². The molecule has 0 atom stereocenters. The third kappa shape index (κ3) is 10.1. The Hall–Kier alpha value is -1.81. The topological polar surface area (TPSA) is 30.7 Å². The summed E-state index contributed by atoms with van der Waals surface area (Å²) in [7, 11) is -3.15. The van der Waals surface area contributed by atoms with Crippen LogP contribution in [0.25, 0.3) is 27.6 Å². The van der Waals surface area contributed by atoms with Crippen molar-refractivity contribution in [2.24, 2.45) is 0 Å². The van der Waals surface area contributed by atoms with Crippen LogP contribution in [0.1, 0.15) is 11.4 Å². The van der Waals surface area contributed by atoms with Gasteiger partial charge in [0.05, 0.1) is 11.0 Å². The van der Waals surface area contributed by atoms with Crippen molar-refractivity contribution >= 4 is 55.5 Å². The minimum absolute atomic E-state index is 0. The van der Waals surface area contributed by atoms with Gasteiger partial charge < -0.3 is 0 Å². The molecule has 0 saturated carbocycles. The first kappa shape index (κ1) is 39.4. The fraction of sp³-hybridized carbons (Fsp3) is 0.333. The molecule has 2 aromatic carbocycles. The molecule has 0 unspecified atom stereocenters. The Bertz CT molecular complexity index is 1550. The van der Waals surface area contributed by atoms with Gasteiger partial charge in [0, 0.05) is 34.6 Å². The molecule has 5 rings (SSSR count). The molecule has 3 nitrogen and oxygen atoms in total. The molecule has 9 heteroatoms. The molecule has 0 bridgehead atoms. The molecule has 0 fully saturated rings. The normalized spacial score (nSPS) is 11.6. The molecular weight excluding hydrogens is 714 g/mol. The molecule has 45 heavy (non-hydrogen) atoms. The van der Waals surface area contributed by atoms with E-state index >= 15 is 0 Å². The second kappa shape index (κ2) is 16.8. The van der Waals surface area contributed by atoms with Crippen molar-refractivity contribution in [3.05, 3.63) is 114 Å². The Morgan fingerprint density at radius 2 is 1.07 bits per heavy atom. The Kier molecular flexibility index (Phi) is 14.7. The van der Waals surface area contributed by atoms with Crippen LogP contribution in [0, 0.1) is 11.1 Å². The van der Waals surface area contributed by atoms with Gasteiger partial charge in [-0.2, -0.15) is 23.2 Å². The van der Waals surface area contributed by atoms with Gasteiger partial charge >= 0.3 is 34.1 Å². The van der Waals surface area contributed by atoms with Crippen LogP contribution < -0.4 is 0 Å².